The first-order valence-corrected chi connectivity index (χ1v) is 17.7. The van der Waals surface area contributed by atoms with Crippen LogP contribution < -0.4 is 4.90 Å². The summed E-state index contributed by atoms with van der Waals surface area (Å²) in [7, 11) is -3.81. The van der Waals surface area contributed by atoms with Crippen molar-refractivity contribution in [3.05, 3.63) is 66.2 Å². The minimum Gasteiger partial charge on any atom is -0.381 e. The molecule has 0 unspecified atom stereocenters. The predicted octanol–water partition coefficient (Wildman–Crippen LogP) is 3.82. The van der Waals surface area contributed by atoms with Crippen LogP contribution in [0.5, 0.6) is 0 Å². The van der Waals surface area contributed by atoms with Gasteiger partial charge in [0.05, 0.1) is 9.79 Å². The average molecular weight is 619 g/mol. The topological polar surface area (TPSA) is 90.5 Å². The summed E-state index contributed by atoms with van der Waals surface area (Å²) < 4.78 is 63.8. The van der Waals surface area contributed by atoms with Crippen LogP contribution in [0.2, 0.25) is 0 Å². The Bertz CT molecular complexity index is 1390. The van der Waals surface area contributed by atoms with E-state index in [4.69, 9.17) is 4.74 Å². The van der Waals surface area contributed by atoms with Crippen LogP contribution in [-0.2, 0) is 24.8 Å². The summed E-state index contributed by atoms with van der Waals surface area (Å²) in [6, 6.07) is 13.7. The Labute approximate surface area is 252 Å². The maximum Gasteiger partial charge on any atom is 0.243 e. The lowest BCUT2D eigenvalue weighted by Gasteiger charge is -2.33. The van der Waals surface area contributed by atoms with E-state index in [9.17, 15) is 16.8 Å². The molecule has 2 fully saturated rings. The summed E-state index contributed by atoms with van der Waals surface area (Å²) in [6.07, 6.45) is 3.38. The quantitative estimate of drug-likeness (QED) is 0.436. The number of rotatable bonds is 7. The number of hydrogen-bond donors (Lipinski definition) is 0. The van der Waals surface area contributed by atoms with E-state index in [0.29, 0.717) is 37.4 Å². The lowest BCUT2D eigenvalue weighted by Crippen LogP contribution is -2.42. The van der Waals surface area contributed by atoms with Gasteiger partial charge in [-0.05, 0) is 93.6 Å². The first-order valence-electron chi connectivity index (χ1n) is 14.8. The maximum absolute atomic E-state index is 13.9. The zero-order chi connectivity index (χ0) is 30.3. The Morgan fingerprint density at radius 1 is 0.786 bits per heavy atom. The molecule has 0 amide bonds. The monoisotopic (exact) mass is 618 g/mol. The van der Waals surface area contributed by atoms with Gasteiger partial charge in [0, 0.05) is 65.7 Å². The fourth-order valence-corrected chi connectivity index (χ4v) is 8.57. The minimum absolute atomic E-state index is 0.0532. The number of aryl methyl sites for hydroxylation is 1. The Morgan fingerprint density at radius 3 is 1.74 bits per heavy atom. The Kier molecular flexibility index (Phi) is 11.2. The van der Waals surface area contributed by atoms with Gasteiger partial charge < -0.3 is 14.5 Å². The van der Waals surface area contributed by atoms with Gasteiger partial charge in [-0.2, -0.15) is 8.61 Å². The Hall–Kier alpha value is -2.28. The molecule has 9 nitrogen and oxygen atoms in total. The van der Waals surface area contributed by atoms with Gasteiger partial charge in [-0.15, -0.1) is 0 Å². The van der Waals surface area contributed by atoms with E-state index in [0.717, 1.165) is 56.9 Å². The third-order valence-electron chi connectivity index (χ3n) is 8.07. The van der Waals surface area contributed by atoms with Gasteiger partial charge in [-0.25, -0.2) is 16.8 Å². The molecule has 2 aliphatic rings. The molecule has 0 spiro atoms. The molecule has 0 radical (unpaired) electrons. The third-order valence-corrected chi connectivity index (χ3v) is 11.8. The number of benzene rings is 2. The molecule has 0 saturated carbocycles. The van der Waals surface area contributed by atoms with Crippen LogP contribution in [0.25, 0.3) is 0 Å². The van der Waals surface area contributed by atoms with Crippen LogP contribution in [-0.4, -0.2) is 103 Å². The SMILES string of the molecule is C=C1CN(S(=O)(=O)c2ccc(C)cc2)CCCN(CC2CCOCC2)CCCN(S(=O)(=O)c2ccc(N(C)C)cc2)C1. The van der Waals surface area contributed by atoms with Crippen LogP contribution in [0.1, 0.15) is 31.2 Å². The zero-order valence-electron chi connectivity index (χ0n) is 25.2. The van der Waals surface area contributed by atoms with Gasteiger partial charge in [-0.1, -0.05) is 24.3 Å². The number of nitrogens with zero attached hydrogens (tertiary/aromatic N) is 4. The van der Waals surface area contributed by atoms with Gasteiger partial charge in [0.15, 0.2) is 0 Å². The molecule has 0 aromatic heterocycles. The summed E-state index contributed by atoms with van der Waals surface area (Å²) in [5.74, 6) is 0.522. The number of sulfonamides is 2. The highest BCUT2D eigenvalue weighted by Crippen LogP contribution is 2.24. The molecular formula is C31H46N4O5S2. The normalized spacial score (nSPS) is 20.1. The molecule has 0 bridgehead atoms. The van der Waals surface area contributed by atoms with Crippen molar-refractivity contribution in [3.63, 3.8) is 0 Å². The van der Waals surface area contributed by atoms with Gasteiger partial charge in [0.1, 0.15) is 0 Å². The third kappa shape index (κ3) is 8.42. The minimum atomic E-state index is -3.83. The van der Waals surface area contributed by atoms with Crippen LogP contribution in [0, 0.1) is 12.8 Å². The van der Waals surface area contributed by atoms with E-state index in [1.54, 1.807) is 48.5 Å². The highest BCUT2D eigenvalue weighted by molar-refractivity contribution is 7.89. The van der Waals surface area contributed by atoms with E-state index in [1.807, 2.05) is 25.9 Å². The summed E-state index contributed by atoms with van der Waals surface area (Å²) >= 11 is 0. The molecule has 2 aromatic carbocycles. The highest BCUT2D eigenvalue weighted by atomic mass is 32.2. The van der Waals surface area contributed by atoms with Crippen molar-refractivity contribution in [1.29, 1.82) is 0 Å². The molecule has 42 heavy (non-hydrogen) atoms. The van der Waals surface area contributed by atoms with Crippen LogP contribution >= 0.6 is 0 Å². The van der Waals surface area contributed by atoms with Crippen molar-refractivity contribution < 1.29 is 21.6 Å². The van der Waals surface area contributed by atoms with Crippen molar-refractivity contribution in [2.45, 2.75) is 42.4 Å². The summed E-state index contributed by atoms with van der Waals surface area (Å²) in [5.41, 5.74) is 2.43. The lowest BCUT2D eigenvalue weighted by molar-refractivity contribution is 0.0517. The van der Waals surface area contributed by atoms with Gasteiger partial charge in [0.25, 0.3) is 0 Å². The Balaban J connectivity index is 1.61. The number of anilines is 1. The van der Waals surface area contributed by atoms with Crippen molar-refractivity contribution in [2.75, 3.05) is 78.0 Å². The molecule has 11 heteroatoms. The van der Waals surface area contributed by atoms with Crippen LogP contribution in [0.15, 0.2) is 70.5 Å². The fourth-order valence-electron chi connectivity index (χ4n) is 5.57. The average Bonchev–Trinajstić information content (AvgIpc) is 2.96. The first-order chi connectivity index (χ1) is 20.0. The van der Waals surface area contributed by atoms with Crippen LogP contribution in [0.4, 0.5) is 5.69 Å². The summed E-state index contributed by atoms with van der Waals surface area (Å²) in [6.45, 7) is 10.8. The van der Waals surface area contributed by atoms with Gasteiger partial charge in [0.2, 0.25) is 20.0 Å². The van der Waals surface area contributed by atoms with Crippen molar-refractivity contribution in [3.8, 4) is 0 Å². The number of hydrogen-bond acceptors (Lipinski definition) is 7. The smallest absolute Gasteiger partial charge is 0.243 e. The lowest BCUT2D eigenvalue weighted by atomic mass is 9.99. The first kappa shape index (κ1) is 32.6. The predicted molar refractivity (Wildman–Crippen MR) is 168 cm³/mol. The molecule has 232 valence electrons. The molecule has 4 rings (SSSR count). The molecule has 0 atom stereocenters. The standard InChI is InChI=1S/C31H46N4O5S2/c1-26-7-11-30(12-8-26)41(36,37)34-19-5-17-33(25-28-15-21-40-22-16-28)18-6-20-35(24-27(2)23-34)42(38,39)31-13-9-29(10-14-31)32(3)4/h7-14,28H,2,5-6,15-25H2,1,3-4H3. The molecule has 2 aliphatic heterocycles. The van der Waals surface area contributed by atoms with Crippen molar-refractivity contribution in [2.24, 2.45) is 5.92 Å². The number of ether oxygens (including phenoxy) is 1. The van der Waals surface area contributed by atoms with Crippen molar-refractivity contribution in [1.82, 2.24) is 13.5 Å². The molecular weight excluding hydrogens is 572 g/mol. The largest absolute Gasteiger partial charge is 0.381 e. The second-order valence-electron chi connectivity index (χ2n) is 11.7. The van der Waals surface area contributed by atoms with E-state index < -0.39 is 20.0 Å². The van der Waals surface area contributed by atoms with E-state index in [2.05, 4.69) is 11.5 Å². The molecule has 2 saturated heterocycles. The van der Waals surface area contributed by atoms with Gasteiger partial charge in [-0.3, -0.25) is 0 Å². The highest BCUT2D eigenvalue weighted by Gasteiger charge is 2.30. The summed E-state index contributed by atoms with van der Waals surface area (Å²) in [4.78, 5) is 4.75. The van der Waals surface area contributed by atoms with E-state index in [-0.39, 0.29) is 22.9 Å². The van der Waals surface area contributed by atoms with Crippen molar-refractivity contribution >= 4 is 25.7 Å². The fraction of sp³-hybridized carbons (Fsp3) is 0.548. The van der Waals surface area contributed by atoms with E-state index >= 15 is 0 Å². The maximum atomic E-state index is 13.9. The van der Waals surface area contributed by atoms with Gasteiger partial charge >= 0.3 is 0 Å². The molecule has 0 N–H and O–H groups in total. The van der Waals surface area contributed by atoms with E-state index in [1.165, 1.54) is 8.61 Å². The second kappa shape index (κ2) is 14.5. The second-order valence-corrected chi connectivity index (χ2v) is 15.6. The van der Waals surface area contributed by atoms with Crippen LogP contribution in [0.3, 0.4) is 0 Å². The molecule has 2 heterocycles. The Morgan fingerprint density at radius 2 is 1.26 bits per heavy atom. The zero-order valence-corrected chi connectivity index (χ0v) is 26.9. The summed E-state index contributed by atoms with van der Waals surface area (Å²) in [5, 5.41) is 0. The molecule has 0 aliphatic carbocycles. The molecule has 2 aromatic rings.